The van der Waals surface area contributed by atoms with Gasteiger partial charge in [-0.25, -0.2) is 9.48 Å². The van der Waals surface area contributed by atoms with E-state index in [1.165, 1.54) is 0 Å². The molecule has 0 atom stereocenters. The van der Waals surface area contributed by atoms with Gasteiger partial charge in [-0.1, -0.05) is 67.6 Å². The van der Waals surface area contributed by atoms with Crippen LogP contribution in [0.2, 0.25) is 0 Å². The van der Waals surface area contributed by atoms with Crippen molar-refractivity contribution in [3.63, 3.8) is 0 Å². The quantitative estimate of drug-likeness (QED) is 0.420. The fourth-order valence-electron chi connectivity index (χ4n) is 3.15. The lowest BCUT2D eigenvalue weighted by atomic mass is 10.1. The number of carbonyl (C=O) groups is 1. The Morgan fingerprint density at radius 3 is 2.50 bits per heavy atom. The number of esters is 1. The van der Waals surface area contributed by atoms with Gasteiger partial charge < -0.3 is 4.74 Å². The van der Waals surface area contributed by atoms with Crippen molar-refractivity contribution in [1.82, 2.24) is 30.0 Å². The fourth-order valence-corrected chi connectivity index (χ4v) is 3.15. The maximum absolute atomic E-state index is 12.9. The molecule has 2 aromatic carbocycles. The summed E-state index contributed by atoms with van der Waals surface area (Å²) in [5.74, 6) is 0.0577. The summed E-state index contributed by atoms with van der Waals surface area (Å²) in [6.07, 6.45) is 2.61. The van der Waals surface area contributed by atoms with Crippen LogP contribution < -0.4 is 0 Å². The van der Waals surface area contributed by atoms with Gasteiger partial charge in [-0.15, -0.1) is 5.10 Å². The molecule has 0 spiro atoms. The van der Waals surface area contributed by atoms with Gasteiger partial charge in [0.05, 0.1) is 6.54 Å². The van der Waals surface area contributed by atoms with Crippen molar-refractivity contribution in [3.8, 4) is 11.3 Å². The SMILES string of the molecule is CCCn1nnnc1COC(=O)c1cn(Cc2ccccc2)nc1-c1ccccc1. The highest BCUT2D eigenvalue weighted by molar-refractivity contribution is 5.96. The Kier molecular flexibility index (Phi) is 5.93. The van der Waals surface area contributed by atoms with E-state index < -0.39 is 5.97 Å². The third-order valence-corrected chi connectivity index (χ3v) is 4.59. The molecule has 0 saturated carbocycles. The smallest absolute Gasteiger partial charge is 0.342 e. The largest absolute Gasteiger partial charge is 0.454 e. The van der Waals surface area contributed by atoms with Crippen molar-refractivity contribution in [2.45, 2.75) is 33.0 Å². The van der Waals surface area contributed by atoms with Gasteiger partial charge >= 0.3 is 5.97 Å². The number of benzene rings is 2. The topological polar surface area (TPSA) is 87.7 Å². The summed E-state index contributed by atoms with van der Waals surface area (Å²) in [4.78, 5) is 12.9. The van der Waals surface area contributed by atoms with Crippen LogP contribution in [-0.4, -0.2) is 36.0 Å². The summed E-state index contributed by atoms with van der Waals surface area (Å²) < 4.78 is 8.93. The molecule has 4 aromatic rings. The third-order valence-electron chi connectivity index (χ3n) is 4.59. The number of aromatic nitrogens is 6. The molecule has 0 saturated heterocycles. The number of hydrogen-bond acceptors (Lipinski definition) is 6. The van der Waals surface area contributed by atoms with Crippen molar-refractivity contribution >= 4 is 5.97 Å². The number of carbonyl (C=O) groups excluding carboxylic acids is 1. The zero-order valence-electron chi connectivity index (χ0n) is 16.7. The van der Waals surface area contributed by atoms with Gasteiger partial charge in [-0.3, -0.25) is 4.68 Å². The van der Waals surface area contributed by atoms with Crippen LogP contribution in [0.25, 0.3) is 11.3 Å². The highest BCUT2D eigenvalue weighted by atomic mass is 16.5. The van der Waals surface area contributed by atoms with Crippen LogP contribution in [0, 0.1) is 0 Å². The lowest BCUT2D eigenvalue weighted by Gasteiger charge is -2.05. The molecule has 0 unspecified atom stereocenters. The van der Waals surface area contributed by atoms with Crippen LogP contribution in [0.3, 0.4) is 0 Å². The summed E-state index contributed by atoms with van der Waals surface area (Å²) in [6.45, 7) is 3.27. The van der Waals surface area contributed by atoms with E-state index in [-0.39, 0.29) is 6.61 Å². The van der Waals surface area contributed by atoms with Crippen molar-refractivity contribution in [2.75, 3.05) is 0 Å². The lowest BCUT2D eigenvalue weighted by molar-refractivity contribution is 0.0457. The molecule has 8 heteroatoms. The van der Waals surface area contributed by atoms with Gasteiger partial charge in [0, 0.05) is 18.3 Å². The molecule has 0 aliphatic carbocycles. The van der Waals surface area contributed by atoms with Crippen molar-refractivity contribution in [1.29, 1.82) is 0 Å². The van der Waals surface area contributed by atoms with E-state index in [4.69, 9.17) is 4.74 Å². The normalized spacial score (nSPS) is 10.8. The molecular formula is C22H22N6O2. The molecule has 2 aromatic heterocycles. The highest BCUT2D eigenvalue weighted by Gasteiger charge is 2.20. The minimum absolute atomic E-state index is 0.00390. The number of nitrogens with zero attached hydrogens (tertiary/aromatic N) is 6. The minimum atomic E-state index is -0.459. The Morgan fingerprint density at radius 1 is 1.03 bits per heavy atom. The summed E-state index contributed by atoms with van der Waals surface area (Å²) in [5, 5.41) is 16.2. The standard InChI is InChI=1S/C22H22N6O2/c1-2-13-28-20(23-25-26-28)16-30-22(29)19-15-27(14-17-9-5-3-6-10-17)24-21(19)18-11-7-4-8-12-18/h3-12,15H,2,13-14,16H2,1H3. The van der Waals surface area contributed by atoms with Crippen molar-refractivity contribution in [2.24, 2.45) is 0 Å². The second kappa shape index (κ2) is 9.13. The van der Waals surface area contributed by atoms with E-state index >= 15 is 0 Å². The maximum atomic E-state index is 12.9. The van der Waals surface area contributed by atoms with Gasteiger partial charge in [0.2, 0.25) is 0 Å². The van der Waals surface area contributed by atoms with Crippen LogP contribution in [0.5, 0.6) is 0 Å². The number of hydrogen-bond donors (Lipinski definition) is 0. The Bertz CT molecular complexity index is 1110. The maximum Gasteiger partial charge on any atom is 0.342 e. The predicted octanol–water partition coefficient (Wildman–Crippen LogP) is 3.35. The molecule has 0 aliphatic heterocycles. The molecule has 0 fully saturated rings. The van der Waals surface area contributed by atoms with E-state index in [0.717, 1.165) is 17.5 Å². The lowest BCUT2D eigenvalue weighted by Crippen LogP contribution is -2.11. The predicted molar refractivity (Wildman–Crippen MR) is 110 cm³/mol. The Balaban J connectivity index is 1.58. The van der Waals surface area contributed by atoms with Gasteiger partial charge in [0.1, 0.15) is 11.3 Å². The van der Waals surface area contributed by atoms with Gasteiger partial charge in [-0.05, 0) is 22.4 Å². The van der Waals surface area contributed by atoms with Gasteiger partial charge in [0.25, 0.3) is 0 Å². The average Bonchev–Trinajstić information content (AvgIpc) is 3.41. The first kappa shape index (κ1) is 19.5. The molecule has 0 radical (unpaired) electrons. The van der Waals surface area contributed by atoms with E-state index in [2.05, 4.69) is 20.6 Å². The van der Waals surface area contributed by atoms with Crippen LogP contribution in [0.1, 0.15) is 35.1 Å². The van der Waals surface area contributed by atoms with Crippen molar-refractivity contribution < 1.29 is 9.53 Å². The van der Waals surface area contributed by atoms with E-state index in [9.17, 15) is 4.79 Å². The van der Waals surface area contributed by atoms with Crippen molar-refractivity contribution in [3.05, 3.63) is 83.8 Å². The molecule has 4 rings (SSSR count). The second-order valence-electron chi connectivity index (χ2n) is 6.83. The Hall–Kier alpha value is -3.81. The number of tetrazole rings is 1. The number of rotatable bonds is 8. The van der Waals surface area contributed by atoms with Crippen LogP contribution in [0.4, 0.5) is 0 Å². The molecule has 0 N–H and O–H groups in total. The highest BCUT2D eigenvalue weighted by Crippen LogP contribution is 2.23. The molecule has 152 valence electrons. The zero-order chi connectivity index (χ0) is 20.8. The molecule has 30 heavy (non-hydrogen) atoms. The average molecular weight is 402 g/mol. The molecule has 0 bridgehead atoms. The van der Waals surface area contributed by atoms with E-state index in [0.29, 0.717) is 30.2 Å². The fraction of sp³-hybridized carbons (Fsp3) is 0.227. The number of ether oxygens (including phenoxy) is 1. The Labute approximate surface area is 174 Å². The molecule has 0 amide bonds. The Morgan fingerprint density at radius 2 is 1.77 bits per heavy atom. The van der Waals surface area contributed by atoms with Crippen LogP contribution in [0.15, 0.2) is 66.9 Å². The summed E-state index contributed by atoms with van der Waals surface area (Å²) in [6, 6.07) is 19.6. The van der Waals surface area contributed by atoms with E-state index in [1.54, 1.807) is 15.6 Å². The van der Waals surface area contributed by atoms with Crippen LogP contribution in [-0.2, 0) is 24.4 Å². The molecule has 8 nitrogen and oxygen atoms in total. The van der Waals surface area contributed by atoms with Gasteiger partial charge in [0.15, 0.2) is 12.4 Å². The first-order valence-electron chi connectivity index (χ1n) is 9.83. The summed E-state index contributed by atoms with van der Waals surface area (Å²) in [5.41, 5.74) is 2.95. The van der Waals surface area contributed by atoms with Crippen LogP contribution >= 0.6 is 0 Å². The van der Waals surface area contributed by atoms with E-state index in [1.807, 2.05) is 67.6 Å². The second-order valence-corrected chi connectivity index (χ2v) is 6.83. The zero-order valence-corrected chi connectivity index (χ0v) is 16.7. The third kappa shape index (κ3) is 4.43. The molecular weight excluding hydrogens is 380 g/mol. The first-order chi connectivity index (χ1) is 14.7. The monoisotopic (exact) mass is 402 g/mol. The molecule has 0 aliphatic rings. The number of aryl methyl sites for hydroxylation is 1. The first-order valence-corrected chi connectivity index (χ1v) is 9.83. The minimum Gasteiger partial charge on any atom is -0.454 e. The summed E-state index contributed by atoms with van der Waals surface area (Å²) >= 11 is 0. The molecule has 2 heterocycles. The summed E-state index contributed by atoms with van der Waals surface area (Å²) in [7, 11) is 0. The van der Waals surface area contributed by atoms with Gasteiger partial charge in [-0.2, -0.15) is 5.10 Å².